The number of carbonyl (C=O) groups excluding carboxylic acids is 1. The molecule has 0 aliphatic heterocycles. The van der Waals surface area contributed by atoms with Gasteiger partial charge in [-0.3, -0.25) is 14.8 Å². The van der Waals surface area contributed by atoms with Crippen molar-refractivity contribution in [2.45, 2.75) is 5.41 Å². The Balaban J connectivity index is 1.60. The van der Waals surface area contributed by atoms with E-state index in [9.17, 15) is 4.79 Å². The van der Waals surface area contributed by atoms with Gasteiger partial charge in [-0.25, -0.2) is 0 Å². The first-order chi connectivity index (χ1) is 19.3. The molecule has 0 bridgehead atoms. The molecule has 39 heavy (non-hydrogen) atoms. The zero-order valence-electron chi connectivity index (χ0n) is 21.2. The zero-order chi connectivity index (χ0) is 26.2. The molecule has 3 nitrogen and oxygen atoms in total. The monoisotopic (exact) mass is 500 g/mol. The van der Waals surface area contributed by atoms with Gasteiger partial charge >= 0.3 is 0 Å². The number of fused-ring (bicyclic) bond motifs is 2. The van der Waals surface area contributed by atoms with E-state index in [0.717, 1.165) is 45.0 Å². The van der Waals surface area contributed by atoms with E-state index in [1.165, 1.54) is 0 Å². The van der Waals surface area contributed by atoms with Gasteiger partial charge in [0.2, 0.25) is 0 Å². The lowest BCUT2D eigenvalue weighted by Gasteiger charge is -2.40. The molecule has 7 rings (SSSR count). The van der Waals surface area contributed by atoms with E-state index >= 15 is 0 Å². The summed E-state index contributed by atoms with van der Waals surface area (Å²) in [4.78, 5) is 24.4. The average Bonchev–Trinajstić information content (AvgIpc) is 3.03. The summed E-state index contributed by atoms with van der Waals surface area (Å²) in [6.07, 6.45) is 0. The molecule has 0 saturated heterocycles. The van der Waals surface area contributed by atoms with Crippen LogP contribution < -0.4 is 0 Å². The van der Waals surface area contributed by atoms with E-state index in [4.69, 9.17) is 9.97 Å². The summed E-state index contributed by atoms with van der Waals surface area (Å²) in [6, 6.07) is 48.5. The third kappa shape index (κ3) is 3.63. The minimum Gasteiger partial charge on any atom is -0.289 e. The highest BCUT2D eigenvalue weighted by Crippen LogP contribution is 2.50. The molecule has 0 atom stereocenters. The van der Waals surface area contributed by atoms with Gasteiger partial charge in [0.15, 0.2) is 5.78 Å². The number of nitrogens with zero attached hydrogens (tertiary/aromatic N) is 2. The summed E-state index contributed by atoms with van der Waals surface area (Å²) in [6.45, 7) is 0. The number of ketones is 1. The van der Waals surface area contributed by atoms with E-state index in [2.05, 4.69) is 60.7 Å². The van der Waals surface area contributed by atoms with Gasteiger partial charge in [-0.15, -0.1) is 0 Å². The Labute approximate surface area is 227 Å². The van der Waals surface area contributed by atoms with Crippen LogP contribution in [0.5, 0.6) is 0 Å². The second kappa shape index (κ2) is 9.30. The average molecular weight is 501 g/mol. The van der Waals surface area contributed by atoms with Crippen molar-refractivity contribution in [2.75, 3.05) is 0 Å². The molecule has 0 radical (unpaired) electrons. The van der Waals surface area contributed by atoms with Crippen molar-refractivity contribution in [3.63, 3.8) is 0 Å². The Morgan fingerprint density at radius 3 is 1.28 bits per heavy atom. The molecule has 0 fully saturated rings. The molecule has 3 heteroatoms. The summed E-state index contributed by atoms with van der Waals surface area (Å²) >= 11 is 0. The van der Waals surface area contributed by atoms with E-state index in [-0.39, 0.29) is 5.78 Å². The number of rotatable bonds is 4. The minimum atomic E-state index is -0.892. The van der Waals surface area contributed by atoms with Crippen LogP contribution in [0.1, 0.15) is 38.4 Å². The molecule has 1 aliphatic carbocycles. The van der Waals surface area contributed by atoms with Crippen LogP contribution in [0, 0.1) is 0 Å². The van der Waals surface area contributed by atoms with Crippen molar-refractivity contribution in [3.8, 4) is 22.5 Å². The standard InChI is InChI=1S/C36H24N2O/c39-35-27-17-7-9-19-29(27)36(30-20-10-8-18-28(30)35,33-23-11-21-31(37-33)25-13-3-1-4-14-25)34-24-12-22-32(38-34)26-15-5-2-6-16-26/h1-24H. The molecule has 1 aliphatic rings. The molecule has 6 aromatic rings. The van der Waals surface area contributed by atoms with E-state index in [0.29, 0.717) is 11.1 Å². The summed E-state index contributed by atoms with van der Waals surface area (Å²) in [5, 5.41) is 0. The fourth-order valence-electron chi connectivity index (χ4n) is 5.82. The van der Waals surface area contributed by atoms with Gasteiger partial charge in [0.1, 0.15) is 5.41 Å². The number of pyridine rings is 2. The molecule has 0 amide bonds. The SMILES string of the molecule is O=C1c2ccccc2C(c2cccc(-c3ccccc3)n2)(c2cccc(-c3ccccc3)n2)c2ccccc21. The lowest BCUT2D eigenvalue weighted by atomic mass is 9.62. The first kappa shape index (κ1) is 23.0. The van der Waals surface area contributed by atoms with Crippen molar-refractivity contribution in [3.05, 3.63) is 179 Å². The van der Waals surface area contributed by atoms with Gasteiger partial charge < -0.3 is 0 Å². The molecule has 0 spiro atoms. The van der Waals surface area contributed by atoms with Gasteiger partial charge in [-0.2, -0.15) is 0 Å². The highest BCUT2D eigenvalue weighted by atomic mass is 16.1. The van der Waals surface area contributed by atoms with Crippen molar-refractivity contribution < 1.29 is 4.79 Å². The van der Waals surface area contributed by atoms with Gasteiger partial charge in [0.05, 0.1) is 22.8 Å². The van der Waals surface area contributed by atoms with Crippen molar-refractivity contribution in [2.24, 2.45) is 0 Å². The Kier molecular flexibility index (Phi) is 5.49. The third-order valence-corrected chi connectivity index (χ3v) is 7.56. The van der Waals surface area contributed by atoms with Crippen LogP contribution in [0.15, 0.2) is 146 Å². The number of aromatic nitrogens is 2. The lowest BCUT2D eigenvalue weighted by molar-refractivity contribution is 0.103. The van der Waals surface area contributed by atoms with Crippen LogP contribution in [0.2, 0.25) is 0 Å². The smallest absolute Gasteiger partial charge is 0.193 e. The quantitative estimate of drug-likeness (QED) is 0.248. The zero-order valence-corrected chi connectivity index (χ0v) is 21.2. The minimum absolute atomic E-state index is 0.0234. The van der Waals surface area contributed by atoms with Crippen LogP contribution in [0.3, 0.4) is 0 Å². The first-order valence-corrected chi connectivity index (χ1v) is 13.1. The molecule has 0 saturated carbocycles. The molecule has 4 aromatic carbocycles. The molecule has 2 aromatic heterocycles. The second-order valence-corrected chi connectivity index (χ2v) is 9.72. The number of carbonyl (C=O) groups is 1. The van der Waals surface area contributed by atoms with Crippen LogP contribution in [-0.2, 0) is 5.41 Å². The van der Waals surface area contributed by atoms with E-state index in [1.807, 2.05) is 84.9 Å². The molecular formula is C36H24N2O. The Morgan fingerprint density at radius 1 is 0.410 bits per heavy atom. The predicted molar refractivity (Wildman–Crippen MR) is 155 cm³/mol. The summed E-state index contributed by atoms with van der Waals surface area (Å²) in [5.41, 5.74) is 7.72. The van der Waals surface area contributed by atoms with Gasteiger partial charge in [-0.05, 0) is 35.4 Å². The highest BCUT2D eigenvalue weighted by Gasteiger charge is 2.48. The van der Waals surface area contributed by atoms with Gasteiger partial charge in [0, 0.05) is 22.3 Å². The van der Waals surface area contributed by atoms with E-state index < -0.39 is 5.41 Å². The van der Waals surface area contributed by atoms with Crippen LogP contribution in [0.4, 0.5) is 0 Å². The van der Waals surface area contributed by atoms with Gasteiger partial charge in [-0.1, -0.05) is 121 Å². The Bertz CT molecular complexity index is 1690. The largest absolute Gasteiger partial charge is 0.289 e. The summed E-state index contributed by atoms with van der Waals surface area (Å²) in [5.74, 6) is 0.0234. The number of hydrogen-bond acceptors (Lipinski definition) is 3. The second-order valence-electron chi connectivity index (χ2n) is 9.72. The first-order valence-electron chi connectivity index (χ1n) is 13.1. The fourth-order valence-corrected chi connectivity index (χ4v) is 5.82. The maximum Gasteiger partial charge on any atom is 0.193 e. The topological polar surface area (TPSA) is 42.9 Å². The third-order valence-electron chi connectivity index (χ3n) is 7.56. The maximum absolute atomic E-state index is 13.8. The Hall–Kier alpha value is -5.15. The van der Waals surface area contributed by atoms with Crippen LogP contribution in [0.25, 0.3) is 22.5 Å². The van der Waals surface area contributed by atoms with Crippen molar-refractivity contribution in [1.82, 2.24) is 9.97 Å². The van der Waals surface area contributed by atoms with Crippen LogP contribution in [-0.4, -0.2) is 15.8 Å². The lowest BCUT2D eigenvalue weighted by Crippen LogP contribution is -2.39. The number of benzene rings is 4. The van der Waals surface area contributed by atoms with Crippen LogP contribution >= 0.6 is 0 Å². The summed E-state index contributed by atoms with van der Waals surface area (Å²) < 4.78 is 0. The van der Waals surface area contributed by atoms with E-state index in [1.54, 1.807) is 0 Å². The molecule has 2 heterocycles. The predicted octanol–water partition coefficient (Wildman–Crippen LogP) is 7.74. The molecule has 184 valence electrons. The van der Waals surface area contributed by atoms with Crippen molar-refractivity contribution >= 4 is 5.78 Å². The molecular weight excluding hydrogens is 476 g/mol. The normalized spacial score (nSPS) is 13.4. The Morgan fingerprint density at radius 2 is 0.821 bits per heavy atom. The van der Waals surface area contributed by atoms with Gasteiger partial charge in [0.25, 0.3) is 0 Å². The van der Waals surface area contributed by atoms with Crippen molar-refractivity contribution in [1.29, 1.82) is 0 Å². The molecule has 0 N–H and O–H groups in total. The summed E-state index contributed by atoms with van der Waals surface area (Å²) in [7, 11) is 0. The molecule has 0 unspecified atom stereocenters. The highest BCUT2D eigenvalue weighted by molar-refractivity contribution is 6.14. The fraction of sp³-hybridized carbons (Fsp3) is 0.0278. The number of hydrogen-bond donors (Lipinski definition) is 0. The maximum atomic E-state index is 13.8.